The van der Waals surface area contributed by atoms with Gasteiger partial charge in [0.15, 0.2) is 0 Å². The minimum absolute atomic E-state index is 0.000124. The lowest BCUT2D eigenvalue weighted by atomic mass is 9.98. The van der Waals surface area contributed by atoms with Crippen LogP contribution in [0.4, 0.5) is 4.79 Å². The average molecular weight is 393 g/mol. The zero-order chi connectivity index (χ0) is 20.6. The van der Waals surface area contributed by atoms with Crippen molar-refractivity contribution >= 4 is 12.0 Å². The third-order valence-electron chi connectivity index (χ3n) is 6.45. The van der Waals surface area contributed by atoms with Gasteiger partial charge < -0.3 is 21.5 Å². The Balaban J connectivity index is 1.43. The lowest BCUT2D eigenvalue weighted by molar-refractivity contribution is -0.119. The molecule has 1 fully saturated rings. The molecule has 3 atom stereocenters. The van der Waals surface area contributed by atoms with Gasteiger partial charge in [-0.25, -0.2) is 4.79 Å². The van der Waals surface area contributed by atoms with Crippen molar-refractivity contribution in [2.24, 2.45) is 23.3 Å². The monoisotopic (exact) mass is 393 g/mol. The number of rotatable bonds is 7. The van der Waals surface area contributed by atoms with Crippen molar-refractivity contribution in [3.8, 4) is 11.1 Å². The zero-order valence-corrected chi connectivity index (χ0v) is 16.6. The van der Waals surface area contributed by atoms with Gasteiger partial charge in [-0.1, -0.05) is 48.5 Å². The van der Waals surface area contributed by atoms with E-state index in [0.717, 1.165) is 24.0 Å². The van der Waals surface area contributed by atoms with Crippen molar-refractivity contribution in [2.45, 2.75) is 31.2 Å². The summed E-state index contributed by atoms with van der Waals surface area (Å²) in [6.45, 7) is 2.64. The smallest absolute Gasteiger partial charge is 0.407 e. The number of hydrogen-bond acceptors (Lipinski definition) is 4. The van der Waals surface area contributed by atoms with Crippen LogP contribution < -0.4 is 16.8 Å². The molecule has 0 spiro atoms. The van der Waals surface area contributed by atoms with Gasteiger partial charge >= 0.3 is 6.09 Å². The first-order valence-corrected chi connectivity index (χ1v) is 10.1. The summed E-state index contributed by atoms with van der Waals surface area (Å²) in [7, 11) is 0. The number of carbonyl (C=O) groups is 2. The molecule has 0 bridgehead atoms. The van der Waals surface area contributed by atoms with E-state index in [9.17, 15) is 9.59 Å². The van der Waals surface area contributed by atoms with Gasteiger partial charge in [0, 0.05) is 5.92 Å². The van der Waals surface area contributed by atoms with Crippen LogP contribution in [0.2, 0.25) is 0 Å². The highest BCUT2D eigenvalue weighted by Gasteiger charge is 2.64. The summed E-state index contributed by atoms with van der Waals surface area (Å²) in [6, 6.07) is 16.4. The van der Waals surface area contributed by atoms with Gasteiger partial charge in [0.1, 0.15) is 6.61 Å². The first-order chi connectivity index (χ1) is 14.0. The van der Waals surface area contributed by atoms with Crippen molar-refractivity contribution in [1.82, 2.24) is 5.32 Å². The van der Waals surface area contributed by atoms with E-state index in [2.05, 4.69) is 29.6 Å². The Morgan fingerprint density at radius 1 is 1.07 bits per heavy atom. The molecule has 0 aromatic heterocycles. The van der Waals surface area contributed by atoms with Gasteiger partial charge in [-0.3, -0.25) is 4.79 Å². The molecule has 2 aromatic rings. The highest BCUT2D eigenvalue weighted by Crippen LogP contribution is 2.52. The molecule has 2 amide bonds. The number of ether oxygens (including phenoxy) is 1. The second kappa shape index (κ2) is 7.52. The van der Waals surface area contributed by atoms with E-state index in [-0.39, 0.29) is 24.4 Å². The van der Waals surface area contributed by atoms with Crippen LogP contribution in [0, 0.1) is 11.8 Å². The number of primary amides is 1. The van der Waals surface area contributed by atoms with Crippen molar-refractivity contribution in [3.63, 3.8) is 0 Å². The summed E-state index contributed by atoms with van der Waals surface area (Å²) in [5, 5.41) is 2.89. The Labute approximate surface area is 170 Å². The molecular weight excluding hydrogens is 366 g/mol. The van der Waals surface area contributed by atoms with E-state index in [1.807, 2.05) is 31.2 Å². The molecule has 0 aliphatic heterocycles. The molecule has 0 saturated heterocycles. The normalized spacial score (nSPS) is 24.5. The molecule has 0 heterocycles. The maximum Gasteiger partial charge on any atom is 0.407 e. The standard InChI is InChI=1S/C23H27N3O3/c1-23(19(11-6-12-24)20(23)21(25)27)26-22(28)29-13-18-16-9-4-2-7-14(16)15-8-3-5-10-17(15)18/h2-5,7-10,18-20H,6,11-13,24H2,1H3,(H2,25,27)(H,26,28). The molecule has 29 heavy (non-hydrogen) atoms. The Morgan fingerprint density at radius 3 is 2.21 bits per heavy atom. The van der Waals surface area contributed by atoms with Gasteiger partial charge in [0.05, 0.1) is 11.5 Å². The fraction of sp³-hybridized carbons (Fsp3) is 0.391. The number of fused-ring (bicyclic) bond motifs is 3. The fourth-order valence-corrected chi connectivity index (χ4v) is 4.92. The maximum absolute atomic E-state index is 12.6. The van der Waals surface area contributed by atoms with Crippen LogP contribution in [0.1, 0.15) is 36.8 Å². The topological polar surface area (TPSA) is 107 Å². The number of nitrogens with two attached hydrogens (primary N) is 2. The minimum Gasteiger partial charge on any atom is -0.449 e. The minimum atomic E-state index is -0.663. The summed E-state index contributed by atoms with van der Waals surface area (Å²) in [5.74, 6) is -0.771. The largest absolute Gasteiger partial charge is 0.449 e. The van der Waals surface area contributed by atoms with Crippen molar-refractivity contribution in [3.05, 3.63) is 59.7 Å². The number of nitrogens with one attached hydrogen (secondary N) is 1. The van der Waals surface area contributed by atoms with E-state index in [1.165, 1.54) is 11.1 Å². The molecule has 5 N–H and O–H groups in total. The van der Waals surface area contributed by atoms with Crippen LogP contribution in [-0.4, -0.2) is 30.7 Å². The summed E-state index contributed by atoms with van der Waals surface area (Å²) in [6.07, 6.45) is 1.02. The third kappa shape index (κ3) is 3.38. The van der Waals surface area contributed by atoms with Gasteiger partial charge in [-0.05, 0) is 54.5 Å². The first-order valence-electron chi connectivity index (χ1n) is 10.1. The molecule has 6 heteroatoms. The van der Waals surface area contributed by atoms with E-state index < -0.39 is 17.5 Å². The SMILES string of the molecule is CC1(NC(=O)OCC2c3ccccc3-c3ccccc32)C(CCCN)C1C(N)=O. The van der Waals surface area contributed by atoms with Crippen LogP contribution in [0.15, 0.2) is 48.5 Å². The Morgan fingerprint density at radius 2 is 1.66 bits per heavy atom. The first kappa shape index (κ1) is 19.5. The summed E-state index contributed by atoms with van der Waals surface area (Å²) < 4.78 is 5.61. The van der Waals surface area contributed by atoms with Crippen molar-refractivity contribution in [2.75, 3.05) is 13.2 Å². The number of carbonyl (C=O) groups excluding carboxylic acids is 2. The Hall–Kier alpha value is -2.86. The van der Waals surface area contributed by atoms with E-state index in [4.69, 9.17) is 16.2 Å². The molecule has 3 unspecified atom stereocenters. The molecule has 6 nitrogen and oxygen atoms in total. The van der Waals surface area contributed by atoms with Crippen molar-refractivity contribution < 1.29 is 14.3 Å². The fourth-order valence-electron chi connectivity index (χ4n) is 4.92. The molecular formula is C23H27N3O3. The highest BCUT2D eigenvalue weighted by atomic mass is 16.5. The molecule has 152 valence electrons. The lowest BCUT2D eigenvalue weighted by Crippen LogP contribution is -2.40. The van der Waals surface area contributed by atoms with E-state index in [1.54, 1.807) is 0 Å². The van der Waals surface area contributed by atoms with E-state index in [0.29, 0.717) is 6.54 Å². The highest BCUT2D eigenvalue weighted by molar-refractivity contribution is 5.84. The third-order valence-corrected chi connectivity index (χ3v) is 6.45. The van der Waals surface area contributed by atoms with Crippen LogP contribution in [0.25, 0.3) is 11.1 Å². The quantitative estimate of drug-likeness (QED) is 0.672. The summed E-state index contributed by atoms with van der Waals surface area (Å²) >= 11 is 0. The number of amides is 2. The second-order valence-corrected chi connectivity index (χ2v) is 8.15. The summed E-state index contributed by atoms with van der Waals surface area (Å²) in [5.41, 5.74) is 15.1. The van der Waals surface area contributed by atoms with Gasteiger partial charge in [0.2, 0.25) is 5.91 Å². The second-order valence-electron chi connectivity index (χ2n) is 8.15. The number of alkyl carbamates (subject to hydrolysis) is 1. The van der Waals surface area contributed by atoms with Crippen LogP contribution in [0.5, 0.6) is 0 Å². The summed E-state index contributed by atoms with van der Waals surface area (Å²) in [4.78, 5) is 24.3. The Bertz CT molecular complexity index is 899. The predicted molar refractivity (Wildman–Crippen MR) is 111 cm³/mol. The van der Waals surface area contributed by atoms with Gasteiger partial charge in [-0.15, -0.1) is 0 Å². The van der Waals surface area contributed by atoms with Crippen LogP contribution in [0.3, 0.4) is 0 Å². The van der Waals surface area contributed by atoms with Gasteiger partial charge in [-0.2, -0.15) is 0 Å². The molecule has 4 rings (SSSR count). The molecule has 2 aromatic carbocycles. The number of benzene rings is 2. The van der Waals surface area contributed by atoms with Crippen molar-refractivity contribution in [1.29, 1.82) is 0 Å². The van der Waals surface area contributed by atoms with E-state index >= 15 is 0 Å². The maximum atomic E-state index is 12.6. The zero-order valence-electron chi connectivity index (χ0n) is 16.6. The van der Waals surface area contributed by atoms with Crippen LogP contribution >= 0.6 is 0 Å². The molecule has 1 saturated carbocycles. The predicted octanol–water partition coefficient (Wildman–Crippen LogP) is 2.75. The molecule has 2 aliphatic rings. The average Bonchev–Trinajstić information content (AvgIpc) is 3.15. The van der Waals surface area contributed by atoms with Gasteiger partial charge in [0.25, 0.3) is 0 Å². The number of hydrogen-bond donors (Lipinski definition) is 3. The molecule has 0 radical (unpaired) electrons. The van der Waals surface area contributed by atoms with Crippen LogP contribution in [-0.2, 0) is 9.53 Å². The molecule has 2 aliphatic carbocycles. The lowest BCUT2D eigenvalue weighted by Gasteiger charge is -2.18. The Kier molecular flexibility index (Phi) is 5.04.